The standard InChI is InChI=1S/C15H22FNO/c1-4-13-12(5-6-18-13)15(17)14-9(2)7-11(16)8-10(14)3/h7-8,12-13,15H,4-6,17H2,1-3H3. The molecule has 2 rings (SSSR count). The van der Waals surface area contributed by atoms with Gasteiger partial charge in [-0.3, -0.25) is 0 Å². The molecule has 1 saturated heterocycles. The Morgan fingerprint density at radius 1 is 1.39 bits per heavy atom. The monoisotopic (exact) mass is 251 g/mol. The Kier molecular flexibility index (Phi) is 4.03. The Labute approximate surface area is 108 Å². The molecule has 2 nitrogen and oxygen atoms in total. The summed E-state index contributed by atoms with van der Waals surface area (Å²) < 4.78 is 19.0. The van der Waals surface area contributed by atoms with E-state index in [1.165, 1.54) is 0 Å². The number of benzene rings is 1. The predicted molar refractivity (Wildman–Crippen MR) is 70.9 cm³/mol. The van der Waals surface area contributed by atoms with Crippen LogP contribution < -0.4 is 5.73 Å². The van der Waals surface area contributed by atoms with Gasteiger partial charge in [0.1, 0.15) is 5.82 Å². The minimum atomic E-state index is -0.185. The van der Waals surface area contributed by atoms with Gasteiger partial charge in [-0.2, -0.15) is 0 Å². The fourth-order valence-corrected chi connectivity index (χ4v) is 3.16. The van der Waals surface area contributed by atoms with Gasteiger partial charge in [-0.1, -0.05) is 6.92 Å². The summed E-state index contributed by atoms with van der Waals surface area (Å²) in [6.07, 6.45) is 2.22. The van der Waals surface area contributed by atoms with Gasteiger partial charge in [0, 0.05) is 18.6 Å². The maximum absolute atomic E-state index is 13.3. The average molecular weight is 251 g/mol. The molecule has 0 saturated carbocycles. The zero-order valence-electron chi connectivity index (χ0n) is 11.4. The first-order valence-electron chi connectivity index (χ1n) is 6.68. The molecule has 1 aliphatic heterocycles. The van der Waals surface area contributed by atoms with Gasteiger partial charge in [0.05, 0.1) is 6.10 Å². The van der Waals surface area contributed by atoms with Crippen molar-refractivity contribution in [1.29, 1.82) is 0 Å². The molecule has 1 aliphatic rings. The largest absolute Gasteiger partial charge is 0.378 e. The van der Waals surface area contributed by atoms with Crippen LogP contribution in [0.1, 0.15) is 42.5 Å². The maximum Gasteiger partial charge on any atom is 0.123 e. The first kappa shape index (κ1) is 13.5. The lowest BCUT2D eigenvalue weighted by atomic mass is 9.83. The van der Waals surface area contributed by atoms with Crippen molar-refractivity contribution < 1.29 is 9.13 Å². The topological polar surface area (TPSA) is 35.2 Å². The Morgan fingerprint density at radius 3 is 2.56 bits per heavy atom. The molecule has 0 aliphatic carbocycles. The Hall–Kier alpha value is -0.930. The summed E-state index contributed by atoms with van der Waals surface area (Å²) in [5.74, 6) is 0.161. The molecule has 0 bridgehead atoms. The van der Waals surface area contributed by atoms with E-state index in [4.69, 9.17) is 10.5 Å². The molecule has 2 N–H and O–H groups in total. The van der Waals surface area contributed by atoms with Gasteiger partial charge >= 0.3 is 0 Å². The van der Waals surface area contributed by atoms with Crippen molar-refractivity contribution in [3.8, 4) is 0 Å². The summed E-state index contributed by atoms with van der Waals surface area (Å²) in [5, 5.41) is 0. The van der Waals surface area contributed by atoms with E-state index in [1.807, 2.05) is 13.8 Å². The van der Waals surface area contributed by atoms with Crippen LogP contribution >= 0.6 is 0 Å². The third-order valence-corrected chi connectivity index (χ3v) is 4.02. The Morgan fingerprint density at radius 2 is 2.00 bits per heavy atom. The lowest BCUT2D eigenvalue weighted by molar-refractivity contribution is 0.0812. The van der Waals surface area contributed by atoms with E-state index in [1.54, 1.807) is 12.1 Å². The van der Waals surface area contributed by atoms with Crippen molar-refractivity contribution >= 4 is 0 Å². The van der Waals surface area contributed by atoms with Gasteiger partial charge in [-0.05, 0) is 55.5 Å². The van der Waals surface area contributed by atoms with Gasteiger partial charge in [-0.15, -0.1) is 0 Å². The van der Waals surface area contributed by atoms with Crippen LogP contribution in [0, 0.1) is 25.6 Å². The van der Waals surface area contributed by atoms with E-state index < -0.39 is 0 Å². The average Bonchev–Trinajstić information content (AvgIpc) is 2.75. The van der Waals surface area contributed by atoms with Crippen molar-refractivity contribution in [2.45, 2.75) is 45.8 Å². The highest BCUT2D eigenvalue weighted by atomic mass is 19.1. The summed E-state index contributed by atoms with van der Waals surface area (Å²) >= 11 is 0. The molecule has 100 valence electrons. The van der Waals surface area contributed by atoms with Crippen LogP contribution in [0.25, 0.3) is 0 Å². The summed E-state index contributed by atoms with van der Waals surface area (Å²) in [7, 11) is 0. The maximum atomic E-state index is 13.3. The van der Waals surface area contributed by atoms with Crippen LogP contribution in [0.3, 0.4) is 0 Å². The normalized spacial score (nSPS) is 25.4. The number of hydrogen-bond acceptors (Lipinski definition) is 2. The number of rotatable bonds is 3. The lowest BCUT2D eigenvalue weighted by Gasteiger charge is -2.26. The van der Waals surface area contributed by atoms with Gasteiger partial charge in [0.25, 0.3) is 0 Å². The highest BCUT2D eigenvalue weighted by Crippen LogP contribution is 2.35. The van der Waals surface area contributed by atoms with Crippen molar-refractivity contribution in [2.75, 3.05) is 6.61 Å². The van der Waals surface area contributed by atoms with Gasteiger partial charge in [-0.25, -0.2) is 4.39 Å². The summed E-state index contributed by atoms with van der Waals surface area (Å²) in [6, 6.07) is 3.08. The molecule has 0 aromatic heterocycles. The molecule has 1 fully saturated rings. The van der Waals surface area contributed by atoms with Crippen molar-refractivity contribution in [1.82, 2.24) is 0 Å². The number of halogens is 1. The van der Waals surface area contributed by atoms with E-state index in [0.29, 0.717) is 5.92 Å². The molecule has 1 aromatic rings. The van der Waals surface area contributed by atoms with Crippen LogP contribution in [0.5, 0.6) is 0 Å². The third kappa shape index (κ3) is 2.43. The highest BCUT2D eigenvalue weighted by molar-refractivity contribution is 5.37. The number of aryl methyl sites for hydroxylation is 2. The summed E-state index contributed by atoms with van der Waals surface area (Å²) in [4.78, 5) is 0. The molecule has 3 atom stereocenters. The summed E-state index contributed by atoms with van der Waals surface area (Å²) in [6.45, 7) is 6.78. The first-order chi connectivity index (χ1) is 8.54. The Bertz CT molecular complexity index is 409. The molecule has 1 aromatic carbocycles. The Balaban J connectivity index is 2.31. The number of ether oxygens (including phenoxy) is 1. The SMILES string of the molecule is CCC1OCCC1C(N)c1c(C)cc(F)cc1C. The van der Waals surface area contributed by atoms with Crippen LogP contribution in [0.2, 0.25) is 0 Å². The number of nitrogens with two attached hydrogens (primary N) is 1. The second kappa shape index (κ2) is 5.37. The van der Waals surface area contributed by atoms with Crippen molar-refractivity contribution in [3.05, 3.63) is 34.6 Å². The zero-order chi connectivity index (χ0) is 13.3. The fraction of sp³-hybridized carbons (Fsp3) is 0.600. The molecule has 3 unspecified atom stereocenters. The fourth-order valence-electron chi connectivity index (χ4n) is 3.16. The smallest absolute Gasteiger partial charge is 0.123 e. The van der Waals surface area contributed by atoms with Crippen LogP contribution in [-0.2, 0) is 4.74 Å². The van der Waals surface area contributed by atoms with E-state index in [9.17, 15) is 4.39 Å². The first-order valence-corrected chi connectivity index (χ1v) is 6.68. The van der Waals surface area contributed by atoms with Gasteiger partial charge in [0.2, 0.25) is 0 Å². The molecular weight excluding hydrogens is 229 g/mol. The van der Waals surface area contributed by atoms with E-state index in [0.717, 1.165) is 36.1 Å². The minimum absolute atomic E-state index is 0.0574. The second-order valence-electron chi connectivity index (χ2n) is 5.25. The van der Waals surface area contributed by atoms with Crippen molar-refractivity contribution in [2.24, 2.45) is 11.7 Å². The van der Waals surface area contributed by atoms with E-state index >= 15 is 0 Å². The van der Waals surface area contributed by atoms with Crippen LogP contribution in [0.4, 0.5) is 4.39 Å². The molecule has 3 heteroatoms. The quantitative estimate of drug-likeness (QED) is 0.895. The predicted octanol–water partition coefficient (Wildman–Crippen LogP) is 3.26. The molecule has 0 amide bonds. The molecule has 1 heterocycles. The zero-order valence-corrected chi connectivity index (χ0v) is 11.4. The van der Waals surface area contributed by atoms with Crippen LogP contribution in [-0.4, -0.2) is 12.7 Å². The van der Waals surface area contributed by atoms with E-state index in [-0.39, 0.29) is 18.0 Å². The molecule has 0 spiro atoms. The van der Waals surface area contributed by atoms with Gasteiger partial charge in [0.15, 0.2) is 0 Å². The highest BCUT2D eigenvalue weighted by Gasteiger charge is 2.33. The second-order valence-corrected chi connectivity index (χ2v) is 5.25. The lowest BCUT2D eigenvalue weighted by Crippen LogP contribution is -2.29. The van der Waals surface area contributed by atoms with Crippen LogP contribution in [0.15, 0.2) is 12.1 Å². The molecule has 18 heavy (non-hydrogen) atoms. The summed E-state index contributed by atoms with van der Waals surface area (Å²) in [5.41, 5.74) is 9.40. The number of hydrogen-bond donors (Lipinski definition) is 1. The van der Waals surface area contributed by atoms with Gasteiger partial charge < -0.3 is 10.5 Å². The minimum Gasteiger partial charge on any atom is -0.378 e. The molecular formula is C15H22FNO. The van der Waals surface area contributed by atoms with E-state index in [2.05, 4.69) is 6.92 Å². The third-order valence-electron chi connectivity index (χ3n) is 4.02. The molecule has 0 radical (unpaired) electrons. The van der Waals surface area contributed by atoms with Crippen molar-refractivity contribution in [3.63, 3.8) is 0 Å².